The second-order valence-corrected chi connectivity index (χ2v) is 4.90. The van der Waals surface area contributed by atoms with Crippen molar-refractivity contribution in [1.29, 1.82) is 0 Å². The summed E-state index contributed by atoms with van der Waals surface area (Å²) in [4.78, 5) is 23.3. The maximum Gasteiger partial charge on any atom is 0.217 e. The average molecular weight is 224 g/mol. The summed E-state index contributed by atoms with van der Waals surface area (Å²) >= 11 is 0. The predicted molar refractivity (Wildman–Crippen MR) is 61.0 cm³/mol. The van der Waals surface area contributed by atoms with Crippen LogP contribution in [0, 0.1) is 5.92 Å². The molecule has 0 aromatic carbocycles. The van der Waals surface area contributed by atoms with Crippen molar-refractivity contribution in [3.05, 3.63) is 0 Å². The number of hydrogen-bond donors (Lipinski definition) is 2. The van der Waals surface area contributed by atoms with Gasteiger partial charge in [-0.2, -0.15) is 0 Å². The summed E-state index contributed by atoms with van der Waals surface area (Å²) in [5.74, 6) is 0.331. The Morgan fingerprint density at radius 2 is 2.00 bits per heavy atom. The highest BCUT2D eigenvalue weighted by molar-refractivity contribution is 5.88. The van der Waals surface area contributed by atoms with Gasteiger partial charge in [0.15, 0.2) is 5.78 Å². The molecule has 2 rings (SSSR count). The van der Waals surface area contributed by atoms with Gasteiger partial charge in [-0.05, 0) is 32.2 Å². The summed E-state index contributed by atoms with van der Waals surface area (Å²) in [6.45, 7) is 2.47. The van der Waals surface area contributed by atoms with Crippen LogP contribution in [0.25, 0.3) is 0 Å². The van der Waals surface area contributed by atoms with Gasteiger partial charge in [0.2, 0.25) is 5.91 Å². The highest BCUT2D eigenvalue weighted by atomic mass is 16.1. The number of Topliss-reactive ketones (excluding diaryl/α,β-unsaturated/α-hetero) is 1. The molecule has 3 atom stereocenters. The van der Waals surface area contributed by atoms with Gasteiger partial charge >= 0.3 is 0 Å². The second-order valence-electron chi connectivity index (χ2n) is 4.90. The van der Waals surface area contributed by atoms with Crippen LogP contribution < -0.4 is 10.6 Å². The van der Waals surface area contributed by atoms with Gasteiger partial charge in [-0.3, -0.25) is 9.59 Å². The molecule has 0 aromatic rings. The molecule has 4 heteroatoms. The molecule has 0 aromatic heterocycles. The van der Waals surface area contributed by atoms with Crippen LogP contribution in [-0.2, 0) is 9.59 Å². The molecule has 1 amide bonds. The zero-order valence-electron chi connectivity index (χ0n) is 9.79. The Hall–Kier alpha value is -0.900. The maximum atomic E-state index is 12.2. The van der Waals surface area contributed by atoms with E-state index in [-0.39, 0.29) is 23.9 Å². The van der Waals surface area contributed by atoms with Crippen molar-refractivity contribution in [1.82, 2.24) is 10.6 Å². The number of carbonyl (C=O) groups is 2. The first-order valence-electron chi connectivity index (χ1n) is 6.22. The lowest BCUT2D eigenvalue weighted by Gasteiger charge is -2.22. The monoisotopic (exact) mass is 224 g/mol. The molecule has 3 unspecified atom stereocenters. The Labute approximate surface area is 96.2 Å². The average Bonchev–Trinajstić information content (AvgIpc) is 2.84. The van der Waals surface area contributed by atoms with Gasteiger partial charge in [0.05, 0.1) is 6.04 Å². The van der Waals surface area contributed by atoms with Gasteiger partial charge < -0.3 is 10.6 Å². The number of ketones is 1. The number of carbonyl (C=O) groups excluding carboxylic acids is 2. The minimum atomic E-state index is -0.0240. The zero-order chi connectivity index (χ0) is 11.5. The van der Waals surface area contributed by atoms with Crippen molar-refractivity contribution in [2.24, 2.45) is 5.92 Å². The van der Waals surface area contributed by atoms with Crippen LogP contribution >= 0.6 is 0 Å². The summed E-state index contributed by atoms with van der Waals surface area (Å²) in [5.41, 5.74) is 0. The van der Waals surface area contributed by atoms with E-state index >= 15 is 0 Å². The van der Waals surface area contributed by atoms with Gasteiger partial charge in [0.1, 0.15) is 0 Å². The molecule has 0 radical (unpaired) electrons. The van der Waals surface area contributed by atoms with E-state index in [4.69, 9.17) is 0 Å². The Bertz CT molecular complexity index is 285. The molecule has 1 saturated carbocycles. The highest BCUT2D eigenvalue weighted by Gasteiger charge is 2.37. The normalized spacial score (nSPS) is 33.9. The van der Waals surface area contributed by atoms with E-state index in [9.17, 15) is 9.59 Å². The quantitative estimate of drug-likeness (QED) is 0.738. The molecule has 0 spiro atoms. The molecular weight excluding hydrogens is 204 g/mol. The molecule has 1 aliphatic carbocycles. The zero-order valence-corrected chi connectivity index (χ0v) is 9.79. The van der Waals surface area contributed by atoms with E-state index < -0.39 is 0 Å². The van der Waals surface area contributed by atoms with E-state index in [2.05, 4.69) is 10.6 Å². The topological polar surface area (TPSA) is 58.2 Å². The molecule has 0 bridgehead atoms. The lowest BCUT2D eigenvalue weighted by Crippen LogP contribution is -2.44. The van der Waals surface area contributed by atoms with Crippen molar-refractivity contribution in [3.8, 4) is 0 Å². The number of amides is 1. The highest BCUT2D eigenvalue weighted by Crippen LogP contribution is 2.28. The Morgan fingerprint density at radius 3 is 2.62 bits per heavy atom. The second kappa shape index (κ2) is 4.95. The van der Waals surface area contributed by atoms with Crippen LogP contribution in [0.5, 0.6) is 0 Å². The molecule has 2 aliphatic rings. The van der Waals surface area contributed by atoms with E-state index in [1.807, 2.05) is 0 Å². The number of rotatable bonds is 3. The molecule has 16 heavy (non-hydrogen) atoms. The van der Waals surface area contributed by atoms with Crippen molar-refractivity contribution < 1.29 is 9.59 Å². The minimum Gasteiger partial charge on any atom is -0.353 e. The van der Waals surface area contributed by atoms with E-state index in [1.54, 1.807) is 0 Å². The molecular formula is C12H20N2O2. The lowest BCUT2D eigenvalue weighted by atomic mass is 9.92. The Balaban J connectivity index is 1.95. The van der Waals surface area contributed by atoms with E-state index in [0.717, 1.165) is 38.6 Å². The third-order valence-electron chi connectivity index (χ3n) is 3.67. The molecule has 2 N–H and O–H groups in total. The first-order chi connectivity index (χ1) is 7.68. The van der Waals surface area contributed by atoms with Crippen LogP contribution in [0.4, 0.5) is 0 Å². The van der Waals surface area contributed by atoms with Crippen LogP contribution in [0.15, 0.2) is 0 Å². The molecule has 4 nitrogen and oxygen atoms in total. The number of hydrogen-bond acceptors (Lipinski definition) is 3. The van der Waals surface area contributed by atoms with Gasteiger partial charge in [0, 0.05) is 18.9 Å². The number of nitrogens with one attached hydrogen (secondary N) is 2. The first kappa shape index (κ1) is 11.6. The fourth-order valence-electron chi connectivity index (χ4n) is 2.92. The standard InChI is InChI=1S/C12H20N2O2/c1-8(15)14-10-5-2-4-9(10)12(16)11-6-3-7-13-11/h9-11,13H,2-7H2,1H3,(H,14,15). The molecule has 1 aliphatic heterocycles. The first-order valence-corrected chi connectivity index (χ1v) is 6.22. The van der Waals surface area contributed by atoms with Gasteiger partial charge in [0.25, 0.3) is 0 Å². The summed E-state index contributed by atoms with van der Waals surface area (Å²) in [6.07, 6.45) is 4.98. The summed E-state index contributed by atoms with van der Waals surface area (Å²) in [7, 11) is 0. The maximum absolute atomic E-state index is 12.2. The largest absolute Gasteiger partial charge is 0.353 e. The smallest absolute Gasteiger partial charge is 0.217 e. The van der Waals surface area contributed by atoms with Crippen molar-refractivity contribution in [2.45, 2.75) is 51.1 Å². The molecule has 1 heterocycles. The summed E-state index contributed by atoms with van der Waals surface area (Å²) < 4.78 is 0. The minimum absolute atomic E-state index is 0.0240. The van der Waals surface area contributed by atoms with Crippen LogP contribution in [-0.4, -0.2) is 30.3 Å². The van der Waals surface area contributed by atoms with Crippen LogP contribution in [0.2, 0.25) is 0 Å². The molecule has 2 fully saturated rings. The Morgan fingerprint density at radius 1 is 1.19 bits per heavy atom. The molecule has 90 valence electrons. The summed E-state index contributed by atoms with van der Waals surface area (Å²) in [6, 6.07) is 0.117. The predicted octanol–water partition coefficient (Wildman–Crippen LogP) is 0.612. The van der Waals surface area contributed by atoms with E-state index in [1.165, 1.54) is 6.92 Å². The Kier molecular flexibility index (Phi) is 3.59. The van der Waals surface area contributed by atoms with Crippen LogP contribution in [0.3, 0.4) is 0 Å². The van der Waals surface area contributed by atoms with Crippen molar-refractivity contribution in [2.75, 3.05) is 6.54 Å². The van der Waals surface area contributed by atoms with E-state index in [0.29, 0.717) is 5.78 Å². The third-order valence-corrected chi connectivity index (χ3v) is 3.67. The lowest BCUT2D eigenvalue weighted by molar-refractivity contribution is -0.125. The summed E-state index contributed by atoms with van der Waals surface area (Å²) in [5, 5.41) is 6.15. The molecule has 1 saturated heterocycles. The fraction of sp³-hybridized carbons (Fsp3) is 0.833. The van der Waals surface area contributed by atoms with Gasteiger partial charge in [-0.25, -0.2) is 0 Å². The van der Waals surface area contributed by atoms with Gasteiger partial charge in [-0.1, -0.05) is 6.42 Å². The van der Waals surface area contributed by atoms with Crippen molar-refractivity contribution in [3.63, 3.8) is 0 Å². The van der Waals surface area contributed by atoms with Gasteiger partial charge in [-0.15, -0.1) is 0 Å². The van der Waals surface area contributed by atoms with Crippen molar-refractivity contribution >= 4 is 11.7 Å². The SMILES string of the molecule is CC(=O)NC1CCCC1C(=O)C1CCCN1. The van der Waals surface area contributed by atoms with Crippen LogP contribution in [0.1, 0.15) is 39.0 Å². The third kappa shape index (κ3) is 2.43. The fourth-order valence-corrected chi connectivity index (χ4v) is 2.92.